The lowest BCUT2D eigenvalue weighted by molar-refractivity contribution is -0.135. The van der Waals surface area contributed by atoms with E-state index >= 15 is 0 Å². The second-order valence-electron chi connectivity index (χ2n) is 9.22. The summed E-state index contributed by atoms with van der Waals surface area (Å²) in [6, 6.07) is 8.45. The minimum atomic E-state index is -1.83. The number of rotatable bonds is 11. The molecule has 1 atom stereocenters. The van der Waals surface area contributed by atoms with Crippen molar-refractivity contribution in [2.24, 2.45) is 0 Å². The molecule has 1 rings (SSSR count). The van der Waals surface area contributed by atoms with Crippen molar-refractivity contribution in [1.82, 2.24) is 0 Å². The van der Waals surface area contributed by atoms with Crippen LogP contribution in [-0.4, -0.2) is 45.9 Å². The third-order valence-corrected chi connectivity index (χ3v) is 10.0. The molecule has 0 aliphatic heterocycles. The van der Waals surface area contributed by atoms with Crippen molar-refractivity contribution in [3.63, 3.8) is 0 Å². The average molecular weight is 473 g/mol. The molecule has 6 nitrogen and oxygen atoms in total. The van der Waals surface area contributed by atoms with Gasteiger partial charge in [-0.05, 0) is 49.3 Å². The number of ether oxygens (including phenoxy) is 2. The fourth-order valence-corrected chi connectivity index (χ4v) is 3.27. The Bertz CT molecular complexity index is 891. The van der Waals surface area contributed by atoms with Crippen molar-refractivity contribution in [2.45, 2.75) is 58.4 Å². The molecule has 0 bridgehead atoms. The van der Waals surface area contributed by atoms with Crippen molar-refractivity contribution in [1.29, 1.82) is 0 Å². The molecule has 0 amide bonds. The highest BCUT2D eigenvalue weighted by atomic mass is 28.4. The third-order valence-electron chi connectivity index (χ3n) is 5.51. The van der Waals surface area contributed by atoms with E-state index in [9.17, 15) is 14.4 Å². The molecule has 0 saturated carbocycles. The van der Waals surface area contributed by atoms with Gasteiger partial charge in [0.2, 0.25) is 0 Å². The van der Waals surface area contributed by atoms with E-state index < -0.39 is 26.4 Å². The largest absolute Gasteiger partial charge is 0.466 e. The highest BCUT2D eigenvalue weighted by molar-refractivity contribution is 6.74. The number of ketones is 1. The highest BCUT2D eigenvalue weighted by Crippen LogP contribution is 2.36. The standard InChI is InChI=1S/C26H36O6Si/c1-20(17-18-31-33(6,7)26(2,3)4)13-14-22(27)19-23(15-16-24(28)30-5)32-25(29)21-11-9-8-10-12-21/h8-17,23H,18-19H2,1-7H3/b14-13+,16-15+,20-17+/t23-/m0/s1. The van der Waals surface area contributed by atoms with E-state index in [0.717, 1.165) is 11.6 Å². The lowest BCUT2D eigenvalue weighted by Crippen LogP contribution is -2.40. The van der Waals surface area contributed by atoms with Gasteiger partial charge in [-0.25, -0.2) is 9.59 Å². The van der Waals surface area contributed by atoms with Crippen LogP contribution >= 0.6 is 0 Å². The summed E-state index contributed by atoms with van der Waals surface area (Å²) in [5, 5.41) is 0.129. The van der Waals surface area contributed by atoms with Gasteiger partial charge in [0.05, 0.1) is 25.7 Å². The molecular weight excluding hydrogens is 436 g/mol. The van der Waals surface area contributed by atoms with E-state index in [1.54, 1.807) is 36.4 Å². The van der Waals surface area contributed by atoms with Crippen LogP contribution in [0.3, 0.4) is 0 Å². The maximum absolute atomic E-state index is 12.5. The Hall–Kier alpha value is -2.77. The first-order valence-electron chi connectivity index (χ1n) is 10.9. The molecule has 7 heteroatoms. The molecule has 0 radical (unpaired) electrons. The Morgan fingerprint density at radius 3 is 2.24 bits per heavy atom. The zero-order chi connectivity index (χ0) is 25.1. The third kappa shape index (κ3) is 10.6. The van der Waals surface area contributed by atoms with Crippen LogP contribution in [0.4, 0.5) is 0 Å². The van der Waals surface area contributed by atoms with Crippen LogP contribution in [0.1, 0.15) is 44.5 Å². The Morgan fingerprint density at radius 2 is 1.67 bits per heavy atom. The molecule has 33 heavy (non-hydrogen) atoms. The molecular formula is C26H36O6Si. The summed E-state index contributed by atoms with van der Waals surface area (Å²) in [7, 11) is -0.588. The lowest BCUT2D eigenvalue weighted by atomic mass is 10.1. The lowest BCUT2D eigenvalue weighted by Gasteiger charge is -2.35. The average Bonchev–Trinajstić information content (AvgIpc) is 2.75. The molecule has 0 unspecified atom stereocenters. The van der Waals surface area contributed by atoms with Crippen molar-refractivity contribution in [3.8, 4) is 0 Å². The zero-order valence-electron chi connectivity index (χ0n) is 20.7. The second-order valence-corrected chi connectivity index (χ2v) is 14.0. The summed E-state index contributed by atoms with van der Waals surface area (Å²) in [6.07, 6.45) is 6.58. The van der Waals surface area contributed by atoms with Crippen LogP contribution in [0, 0.1) is 0 Å². The summed E-state index contributed by atoms with van der Waals surface area (Å²) in [4.78, 5) is 36.3. The first-order valence-corrected chi connectivity index (χ1v) is 13.8. The van der Waals surface area contributed by atoms with Gasteiger partial charge in [-0.3, -0.25) is 4.79 Å². The van der Waals surface area contributed by atoms with Crippen LogP contribution in [0.5, 0.6) is 0 Å². The summed E-state index contributed by atoms with van der Waals surface area (Å²) in [5.74, 6) is -1.42. The van der Waals surface area contributed by atoms with E-state index in [4.69, 9.17) is 9.16 Å². The molecule has 0 fully saturated rings. The summed E-state index contributed by atoms with van der Waals surface area (Å²) in [6.45, 7) is 13.3. The quantitative estimate of drug-likeness (QED) is 0.185. The van der Waals surface area contributed by atoms with Gasteiger partial charge in [0.25, 0.3) is 0 Å². The summed E-state index contributed by atoms with van der Waals surface area (Å²) >= 11 is 0. The summed E-state index contributed by atoms with van der Waals surface area (Å²) in [5.41, 5.74) is 1.25. The normalized spacial score (nSPS) is 13.8. The first-order chi connectivity index (χ1) is 15.4. The van der Waals surface area contributed by atoms with Crippen LogP contribution in [0.15, 0.2) is 66.3 Å². The highest BCUT2D eigenvalue weighted by Gasteiger charge is 2.36. The smallest absolute Gasteiger partial charge is 0.338 e. The number of esters is 2. The van der Waals surface area contributed by atoms with Crippen LogP contribution < -0.4 is 0 Å². The molecule has 0 aromatic heterocycles. The van der Waals surface area contributed by atoms with E-state index in [1.807, 2.05) is 13.0 Å². The molecule has 0 spiro atoms. The topological polar surface area (TPSA) is 78.9 Å². The first kappa shape index (κ1) is 28.3. The number of allylic oxidation sites excluding steroid dienone is 3. The van der Waals surface area contributed by atoms with E-state index in [-0.39, 0.29) is 17.2 Å². The van der Waals surface area contributed by atoms with E-state index in [0.29, 0.717) is 12.2 Å². The predicted molar refractivity (Wildman–Crippen MR) is 132 cm³/mol. The maximum Gasteiger partial charge on any atom is 0.338 e. The SMILES string of the molecule is COC(=O)/C=C/[C@@H](CC(=O)/C=C/C(C)=C/CO[Si](C)(C)C(C)(C)C)OC(=O)c1ccccc1. The maximum atomic E-state index is 12.5. The monoisotopic (exact) mass is 472 g/mol. The van der Waals surface area contributed by atoms with Gasteiger partial charge in [0, 0.05) is 6.08 Å². The van der Waals surface area contributed by atoms with Crippen LogP contribution in [0.25, 0.3) is 0 Å². The van der Waals surface area contributed by atoms with Crippen molar-refractivity contribution in [2.75, 3.05) is 13.7 Å². The molecule has 1 aromatic carbocycles. The zero-order valence-corrected chi connectivity index (χ0v) is 21.7. The van der Waals surface area contributed by atoms with Crippen molar-refractivity contribution in [3.05, 3.63) is 71.8 Å². The van der Waals surface area contributed by atoms with Crippen molar-refractivity contribution < 1.29 is 28.3 Å². The molecule has 0 saturated heterocycles. The number of carbonyl (C=O) groups is 3. The molecule has 0 aliphatic carbocycles. The van der Waals surface area contributed by atoms with Gasteiger partial charge in [0.15, 0.2) is 14.1 Å². The van der Waals surface area contributed by atoms with Gasteiger partial charge >= 0.3 is 11.9 Å². The van der Waals surface area contributed by atoms with Crippen LogP contribution in [0.2, 0.25) is 18.1 Å². The number of methoxy groups -OCH3 is 1. The fourth-order valence-electron chi connectivity index (χ4n) is 2.34. The van der Waals surface area contributed by atoms with Gasteiger partial charge in [-0.1, -0.05) is 56.7 Å². The number of benzene rings is 1. The molecule has 0 heterocycles. The minimum absolute atomic E-state index is 0.101. The van der Waals surface area contributed by atoms with Crippen LogP contribution in [-0.2, 0) is 23.5 Å². The molecule has 0 N–H and O–H groups in total. The second kappa shape index (κ2) is 13.1. The predicted octanol–water partition coefficient (Wildman–Crippen LogP) is 5.42. The number of hydrogen-bond acceptors (Lipinski definition) is 6. The number of hydrogen-bond donors (Lipinski definition) is 0. The van der Waals surface area contributed by atoms with Gasteiger partial charge in [-0.2, -0.15) is 0 Å². The molecule has 180 valence electrons. The number of carbonyl (C=O) groups excluding carboxylic acids is 3. The van der Waals surface area contributed by atoms with Crippen molar-refractivity contribution >= 4 is 26.0 Å². The minimum Gasteiger partial charge on any atom is -0.466 e. The molecule has 1 aromatic rings. The summed E-state index contributed by atoms with van der Waals surface area (Å²) < 4.78 is 16.1. The fraction of sp³-hybridized carbons (Fsp3) is 0.423. The Balaban J connectivity index is 2.77. The van der Waals surface area contributed by atoms with Gasteiger partial charge in [0.1, 0.15) is 6.10 Å². The van der Waals surface area contributed by atoms with E-state index in [2.05, 4.69) is 38.6 Å². The van der Waals surface area contributed by atoms with Gasteiger partial charge < -0.3 is 13.9 Å². The Labute approximate surface area is 198 Å². The Kier molecular flexibility index (Phi) is 11.2. The molecule has 0 aliphatic rings. The Morgan fingerprint density at radius 1 is 1.03 bits per heavy atom. The van der Waals surface area contributed by atoms with Gasteiger partial charge in [-0.15, -0.1) is 0 Å². The van der Waals surface area contributed by atoms with E-state index in [1.165, 1.54) is 19.3 Å².